The Labute approximate surface area is 108 Å². The Bertz CT molecular complexity index is 644. The fourth-order valence-electron chi connectivity index (χ4n) is 1.63. The van der Waals surface area contributed by atoms with Gasteiger partial charge in [0.1, 0.15) is 0 Å². The number of rotatable bonds is 3. The third-order valence-corrected chi connectivity index (χ3v) is 2.55. The lowest BCUT2D eigenvalue weighted by atomic mass is 10.1. The van der Waals surface area contributed by atoms with Crippen molar-refractivity contribution in [2.75, 3.05) is 11.1 Å². The molecule has 0 radical (unpaired) electrons. The first kappa shape index (κ1) is 12.8. The predicted octanol–water partition coefficient (Wildman–Crippen LogP) is 2.39. The maximum Gasteiger partial charge on any atom is 0.250 e. The van der Waals surface area contributed by atoms with Gasteiger partial charge in [-0.25, -0.2) is 8.78 Å². The van der Waals surface area contributed by atoms with Crippen LogP contribution in [0.3, 0.4) is 0 Å². The molecule has 0 aliphatic carbocycles. The van der Waals surface area contributed by atoms with E-state index in [-0.39, 0.29) is 22.6 Å². The molecule has 2 rings (SSSR count). The molecule has 0 bridgehead atoms. The van der Waals surface area contributed by atoms with Crippen LogP contribution < -0.4 is 16.8 Å². The Morgan fingerprint density at radius 2 is 1.84 bits per heavy atom. The van der Waals surface area contributed by atoms with Gasteiger partial charge in [0.2, 0.25) is 0 Å². The number of carbonyl (C=O) groups excluding carboxylic acids is 1. The Kier molecular flexibility index (Phi) is 3.33. The van der Waals surface area contributed by atoms with Crippen LogP contribution in [-0.4, -0.2) is 5.91 Å². The van der Waals surface area contributed by atoms with Crippen LogP contribution in [0.25, 0.3) is 0 Å². The largest absolute Gasteiger partial charge is 0.397 e. The Morgan fingerprint density at radius 3 is 2.47 bits per heavy atom. The van der Waals surface area contributed by atoms with Gasteiger partial charge < -0.3 is 16.8 Å². The summed E-state index contributed by atoms with van der Waals surface area (Å²) in [5.41, 5.74) is 11.9. The molecule has 5 N–H and O–H groups in total. The molecule has 0 aromatic heterocycles. The number of nitrogens with one attached hydrogen (secondary N) is 1. The van der Waals surface area contributed by atoms with Crippen LogP contribution >= 0.6 is 0 Å². The van der Waals surface area contributed by atoms with Gasteiger partial charge in [-0.15, -0.1) is 0 Å². The number of halogens is 2. The summed E-state index contributed by atoms with van der Waals surface area (Å²) in [4.78, 5) is 11.3. The van der Waals surface area contributed by atoms with Crippen molar-refractivity contribution in [1.29, 1.82) is 0 Å². The molecule has 2 aromatic rings. The highest BCUT2D eigenvalue weighted by Crippen LogP contribution is 2.27. The number of benzene rings is 2. The maximum atomic E-state index is 13.1. The summed E-state index contributed by atoms with van der Waals surface area (Å²) >= 11 is 0. The number of carbonyl (C=O) groups is 1. The van der Waals surface area contributed by atoms with Crippen LogP contribution in [0.2, 0.25) is 0 Å². The quantitative estimate of drug-likeness (QED) is 0.744. The lowest BCUT2D eigenvalue weighted by Gasteiger charge is -2.12. The van der Waals surface area contributed by atoms with E-state index in [9.17, 15) is 13.6 Å². The molecule has 0 heterocycles. The molecule has 6 heteroatoms. The van der Waals surface area contributed by atoms with Crippen LogP contribution in [-0.2, 0) is 0 Å². The molecule has 19 heavy (non-hydrogen) atoms. The van der Waals surface area contributed by atoms with Crippen molar-refractivity contribution in [1.82, 2.24) is 0 Å². The van der Waals surface area contributed by atoms with Crippen molar-refractivity contribution in [3.63, 3.8) is 0 Å². The molecule has 0 aliphatic heterocycles. The van der Waals surface area contributed by atoms with E-state index in [0.29, 0.717) is 0 Å². The van der Waals surface area contributed by atoms with Gasteiger partial charge in [0.25, 0.3) is 5.91 Å². The first-order valence-electron chi connectivity index (χ1n) is 5.39. The van der Waals surface area contributed by atoms with Crippen LogP contribution in [0.4, 0.5) is 25.8 Å². The zero-order chi connectivity index (χ0) is 14.0. The number of primary amides is 1. The van der Waals surface area contributed by atoms with Crippen LogP contribution in [0.5, 0.6) is 0 Å². The molecule has 0 unspecified atom stereocenters. The summed E-state index contributed by atoms with van der Waals surface area (Å²) in [7, 11) is 0. The van der Waals surface area contributed by atoms with Crippen molar-refractivity contribution in [2.45, 2.75) is 0 Å². The van der Waals surface area contributed by atoms with Crippen LogP contribution in [0.1, 0.15) is 10.4 Å². The number of amides is 1. The van der Waals surface area contributed by atoms with Crippen molar-refractivity contribution in [3.05, 3.63) is 53.6 Å². The predicted molar refractivity (Wildman–Crippen MR) is 69.0 cm³/mol. The van der Waals surface area contributed by atoms with Gasteiger partial charge in [-0.1, -0.05) is 6.07 Å². The van der Waals surface area contributed by atoms with Gasteiger partial charge >= 0.3 is 0 Å². The van der Waals surface area contributed by atoms with Gasteiger partial charge in [-0.2, -0.15) is 0 Å². The second-order valence-corrected chi connectivity index (χ2v) is 3.89. The average molecular weight is 263 g/mol. The molecule has 2 aromatic carbocycles. The molecule has 0 atom stereocenters. The van der Waals surface area contributed by atoms with Crippen LogP contribution in [0.15, 0.2) is 36.4 Å². The average Bonchev–Trinajstić information content (AvgIpc) is 2.36. The molecular weight excluding hydrogens is 252 g/mol. The summed E-state index contributed by atoms with van der Waals surface area (Å²) < 4.78 is 25.9. The van der Waals surface area contributed by atoms with E-state index in [1.54, 1.807) is 12.1 Å². The van der Waals surface area contributed by atoms with E-state index in [1.807, 2.05) is 0 Å². The molecule has 0 saturated heterocycles. The van der Waals surface area contributed by atoms with E-state index in [4.69, 9.17) is 11.5 Å². The highest BCUT2D eigenvalue weighted by atomic mass is 19.2. The Balaban J connectivity index is 2.42. The summed E-state index contributed by atoms with van der Waals surface area (Å²) in [5, 5.41) is 2.76. The van der Waals surface area contributed by atoms with Gasteiger partial charge in [0.15, 0.2) is 11.6 Å². The number of nitrogens with two attached hydrogens (primary N) is 2. The molecule has 0 spiro atoms. The molecule has 1 amide bonds. The lowest BCUT2D eigenvalue weighted by Crippen LogP contribution is -2.14. The van der Waals surface area contributed by atoms with Gasteiger partial charge in [0.05, 0.1) is 16.9 Å². The smallest absolute Gasteiger partial charge is 0.250 e. The zero-order valence-electron chi connectivity index (χ0n) is 9.78. The van der Waals surface area contributed by atoms with Crippen molar-refractivity contribution in [3.8, 4) is 0 Å². The van der Waals surface area contributed by atoms with Crippen LogP contribution in [0, 0.1) is 11.6 Å². The first-order valence-corrected chi connectivity index (χ1v) is 5.39. The second kappa shape index (κ2) is 4.93. The first-order chi connectivity index (χ1) is 8.99. The van der Waals surface area contributed by atoms with Gasteiger partial charge in [-0.05, 0) is 24.3 Å². The number of hydrogen-bond donors (Lipinski definition) is 3. The summed E-state index contributed by atoms with van der Waals surface area (Å²) in [6.45, 7) is 0. The van der Waals surface area contributed by atoms with E-state index < -0.39 is 17.5 Å². The fraction of sp³-hybridized carbons (Fsp3) is 0. The standard InChI is InChI=1S/C13H11F2N3O/c14-9-5-4-7(6-10(9)15)18-12-8(13(17)19)2-1-3-11(12)16/h1-6,18H,16H2,(H2,17,19). The van der Waals surface area contributed by atoms with E-state index in [0.717, 1.165) is 12.1 Å². The minimum atomic E-state index is -1.000. The van der Waals surface area contributed by atoms with Gasteiger partial charge in [0, 0.05) is 11.8 Å². The molecular formula is C13H11F2N3O. The molecule has 4 nitrogen and oxygen atoms in total. The van der Waals surface area contributed by atoms with Crippen molar-refractivity contribution < 1.29 is 13.6 Å². The fourth-order valence-corrected chi connectivity index (χ4v) is 1.63. The highest BCUT2D eigenvalue weighted by molar-refractivity contribution is 6.02. The SMILES string of the molecule is NC(=O)c1cccc(N)c1Nc1ccc(F)c(F)c1. The normalized spacial score (nSPS) is 10.2. The topological polar surface area (TPSA) is 81.1 Å². The zero-order valence-corrected chi connectivity index (χ0v) is 9.78. The van der Waals surface area contributed by atoms with Gasteiger partial charge in [-0.3, -0.25) is 4.79 Å². The summed E-state index contributed by atoms with van der Waals surface area (Å²) in [6.07, 6.45) is 0. The Morgan fingerprint density at radius 1 is 1.11 bits per heavy atom. The summed E-state index contributed by atoms with van der Waals surface area (Å²) in [6, 6.07) is 7.89. The lowest BCUT2D eigenvalue weighted by molar-refractivity contribution is 0.100. The van der Waals surface area contributed by atoms with E-state index in [1.165, 1.54) is 12.1 Å². The number of para-hydroxylation sites is 1. The molecule has 98 valence electrons. The monoisotopic (exact) mass is 263 g/mol. The minimum absolute atomic E-state index is 0.171. The van der Waals surface area contributed by atoms with E-state index in [2.05, 4.69) is 5.32 Å². The second-order valence-electron chi connectivity index (χ2n) is 3.89. The molecule has 0 saturated carbocycles. The summed E-state index contributed by atoms with van der Waals surface area (Å²) in [5.74, 6) is -2.63. The number of anilines is 3. The maximum absolute atomic E-state index is 13.1. The molecule has 0 aliphatic rings. The molecule has 0 fully saturated rings. The van der Waals surface area contributed by atoms with Crippen molar-refractivity contribution in [2.24, 2.45) is 5.73 Å². The van der Waals surface area contributed by atoms with Crippen molar-refractivity contribution >= 4 is 23.0 Å². The number of hydrogen-bond acceptors (Lipinski definition) is 3. The Hall–Kier alpha value is -2.63. The highest BCUT2D eigenvalue weighted by Gasteiger charge is 2.12. The third kappa shape index (κ3) is 2.62. The third-order valence-electron chi connectivity index (χ3n) is 2.55. The van der Waals surface area contributed by atoms with E-state index >= 15 is 0 Å². The number of nitrogen functional groups attached to an aromatic ring is 1. The minimum Gasteiger partial charge on any atom is -0.397 e.